The number of esters is 1. The average Bonchev–Trinajstić information content (AvgIpc) is 2.19. The van der Waals surface area contributed by atoms with Crippen molar-refractivity contribution in [3.8, 4) is 5.75 Å². The molecule has 6 N–H and O–H groups in total. The molecule has 6 nitrogen and oxygen atoms in total. The summed E-state index contributed by atoms with van der Waals surface area (Å²) in [6.07, 6.45) is 0. The van der Waals surface area contributed by atoms with Crippen molar-refractivity contribution in [1.82, 2.24) is 5.32 Å². The van der Waals surface area contributed by atoms with Gasteiger partial charge in [0.05, 0.1) is 0 Å². The third-order valence-corrected chi connectivity index (χ3v) is 1.53. The minimum absolute atomic E-state index is 0.139. The fourth-order valence-electron chi connectivity index (χ4n) is 0.871. The standard InChI is InChI=1S/C9H12N4O2/c10-6-1-3-7(4-2-6)15-8(14)5-13-9(11)12/h1-4H,5,10H2,(H4,11,12,13). The summed E-state index contributed by atoms with van der Waals surface area (Å²) in [4.78, 5) is 11.1. The molecule has 0 aliphatic carbocycles. The zero-order valence-electron chi connectivity index (χ0n) is 7.99. The Kier molecular flexibility index (Phi) is 3.50. The summed E-state index contributed by atoms with van der Waals surface area (Å²) in [7, 11) is 0. The molecule has 0 spiro atoms. The fraction of sp³-hybridized carbons (Fsp3) is 0.111. The lowest BCUT2D eigenvalue weighted by Crippen LogP contribution is -2.36. The number of guanidine groups is 1. The first-order valence-electron chi connectivity index (χ1n) is 4.22. The minimum Gasteiger partial charge on any atom is -0.425 e. The first-order chi connectivity index (χ1) is 7.08. The second kappa shape index (κ2) is 4.85. The molecule has 80 valence electrons. The summed E-state index contributed by atoms with van der Waals surface area (Å²) in [5.74, 6) is -0.390. The summed E-state index contributed by atoms with van der Waals surface area (Å²) in [5.41, 5.74) is 11.1. The summed E-state index contributed by atoms with van der Waals surface area (Å²) < 4.78 is 4.91. The predicted molar refractivity (Wildman–Crippen MR) is 56.4 cm³/mol. The Morgan fingerprint density at radius 1 is 1.40 bits per heavy atom. The Balaban J connectivity index is 2.44. The lowest BCUT2D eigenvalue weighted by Gasteiger charge is -2.05. The number of hydrogen-bond donors (Lipinski definition) is 4. The van der Waals surface area contributed by atoms with Crippen molar-refractivity contribution in [2.45, 2.75) is 0 Å². The van der Waals surface area contributed by atoms with Crippen molar-refractivity contribution in [1.29, 1.82) is 5.41 Å². The van der Waals surface area contributed by atoms with Crippen LogP contribution in [0.25, 0.3) is 0 Å². The maximum atomic E-state index is 11.1. The number of rotatable bonds is 3. The highest BCUT2D eigenvalue weighted by Crippen LogP contribution is 2.12. The topological polar surface area (TPSA) is 114 Å². The van der Waals surface area contributed by atoms with Crippen LogP contribution in [0.15, 0.2) is 24.3 Å². The number of nitrogen functional groups attached to an aromatic ring is 1. The van der Waals surface area contributed by atoms with Gasteiger partial charge in [0.1, 0.15) is 12.3 Å². The molecule has 1 rings (SSSR count). The van der Waals surface area contributed by atoms with Crippen LogP contribution >= 0.6 is 0 Å². The lowest BCUT2D eigenvalue weighted by molar-refractivity contribution is -0.133. The van der Waals surface area contributed by atoms with E-state index in [4.69, 9.17) is 21.6 Å². The summed E-state index contributed by atoms with van der Waals surface area (Å²) in [6.45, 7) is -0.139. The van der Waals surface area contributed by atoms with Crippen LogP contribution in [-0.2, 0) is 4.79 Å². The molecule has 0 aromatic heterocycles. The Hall–Kier alpha value is -2.24. The number of carbonyl (C=O) groups excluding carboxylic acids is 1. The van der Waals surface area contributed by atoms with Crippen molar-refractivity contribution in [3.05, 3.63) is 24.3 Å². The van der Waals surface area contributed by atoms with E-state index in [1.54, 1.807) is 24.3 Å². The molecule has 0 heterocycles. The SMILES string of the molecule is N=C(N)NCC(=O)Oc1ccc(N)cc1. The molecular formula is C9H12N4O2. The number of anilines is 1. The van der Waals surface area contributed by atoms with Gasteiger partial charge < -0.3 is 21.5 Å². The van der Waals surface area contributed by atoms with Crippen LogP contribution in [-0.4, -0.2) is 18.5 Å². The van der Waals surface area contributed by atoms with Gasteiger partial charge in [-0.1, -0.05) is 0 Å². The number of carbonyl (C=O) groups is 1. The normalized spacial score (nSPS) is 9.33. The van der Waals surface area contributed by atoms with Gasteiger partial charge in [0.2, 0.25) is 0 Å². The number of ether oxygens (including phenoxy) is 1. The van der Waals surface area contributed by atoms with E-state index in [9.17, 15) is 4.79 Å². The quantitative estimate of drug-likeness (QED) is 0.178. The number of nitrogens with one attached hydrogen (secondary N) is 2. The van der Waals surface area contributed by atoms with E-state index in [1.165, 1.54) is 0 Å². The summed E-state index contributed by atoms with van der Waals surface area (Å²) in [6, 6.07) is 6.42. The Labute approximate surface area is 86.7 Å². The molecule has 0 amide bonds. The van der Waals surface area contributed by atoms with Crippen LogP contribution < -0.4 is 21.5 Å². The van der Waals surface area contributed by atoms with Gasteiger partial charge >= 0.3 is 5.97 Å². The van der Waals surface area contributed by atoms with Crippen LogP contribution in [0.4, 0.5) is 5.69 Å². The maximum Gasteiger partial charge on any atom is 0.330 e. The van der Waals surface area contributed by atoms with Crippen LogP contribution in [0.1, 0.15) is 0 Å². The van der Waals surface area contributed by atoms with Crippen LogP contribution in [0, 0.1) is 5.41 Å². The summed E-state index contributed by atoms with van der Waals surface area (Å²) in [5, 5.41) is 9.18. The van der Waals surface area contributed by atoms with E-state index in [-0.39, 0.29) is 12.5 Å². The Bertz CT molecular complexity index is 361. The smallest absolute Gasteiger partial charge is 0.330 e. The third kappa shape index (κ3) is 3.99. The first-order valence-corrected chi connectivity index (χ1v) is 4.22. The van der Waals surface area contributed by atoms with Crippen molar-refractivity contribution >= 4 is 17.6 Å². The summed E-state index contributed by atoms with van der Waals surface area (Å²) >= 11 is 0. The van der Waals surface area contributed by atoms with E-state index in [1.807, 2.05) is 0 Å². The molecule has 0 aliphatic rings. The molecule has 0 unspecified atom stereocenters. The highest BCUT2D eigenvalue weighted by atomic mass is 16.5. The molecule has 0 saturated carbocycles. The zero-order chi connectivity index (χ0) is 11.3. The first kappa shape index (κ1) is 10.8. The maximum absolute atomic E-state index is 11.1. The molecule has 6 heteroatoms. The molecule has 0 fully saturated rings. The Morgan fingerprint density at radius 3 is 2.53 bits per heavy atom. The Morgan fingerprint density at radius 2 is 2.00 bits per heavy atom. The van der Waals surface area contributed by atoms with E-state index >= 15 is 0 Å². The highest BCUT2D eigenvalue weighted by Gasteiger charge is 2.04. The van der Waals surface area contributed by atoms with Gasteiger partial charge in [-0.25, -0.2) is 4.79 Å². The zero-order valence-corrected chi connectivity index (χ0v) is 7.99. The number of hydrogen-bond acceptors (Lipinski definition) is 4. The number of nitrogens with two attached hydrogens (primary N) is 2. The largest absolute Gasteiger partial charge is 0.425 e. The van der Waals surface area contributed by atoms with Crippen molar-refractivity contribution < 1.29 is 9.53 Å². The molecule has 0 bridgehead atoms. The van der Waals surface area contributed by atoms with E-state index in [0.717, 1.165) is 0 Å². The van der Waals surface area contributed by atoms with Crippen molar-refractivity contribution in [2.75, 3.05) is 12.3 Å². The second-order valence-corrected chi connectivity index (χ2v) is 2.81. The van der Waals surface area contributed by atoms with Gasteiger partial charge in [-0.05, 0) is 24.3 Å². The van der Waals surface area contributed by atoms with Gasteiger partial charge in [0.15, 0.2) is 5.96 Å². The number of benzene rings is 1. The van der Waals surface area contributed by atoms with Gasteiger partial charge in [-0.2, -0.15) is 0 Å². The average molecular weight is 208 g/mol. The molecule has 0 radical (unpaired) electrons. The fourth-order valence-corrected chi connectivity index (χ4v) is 0.871. The third-order valence-electron chi connectivity index (χ3n) is 1.53. The molecule has 1 aromatic carbocycles. The minimum atomic E-state index is -0.519. The van der Waals surface area contributed by atoms with Crippen molar-refractivity contribution in [2.24, 2.45) is 5.73 Å². The van der Waals surface area contributed by atoms with E-state index in [0.29, 0.717) is 11.4 Å². The van der Waals surface area contributed by atoms with Crippen LogP contribution in [0.3, 0.4) is 0 Å². The molecule has 0 saturated heterocycles. The second-order valence-electron chi connectivity index (χ2n) is 2.81. The van der Waals surface area contributed by atoms with E-state index in [2.05, 4.69) is 5.32 Å². The molecule has 15 heavy (non-hydrogen) atoms. The predicted octanol–water partition coefficient (Wildman–Crippen LogP) is -0.343. The molecular weight excluding hydrogens is 196 g/mol. The van der Waals surface area contributed by atoms with Gasteiger partial charge in [-0.15, -0.1) is 0 Å². The monoisotopic (exact) mass is 208 g/mol. The highest BCUT2D eigenvalue weighted by molar-refractivity contribution is 5.82. The van der Waals surface area contributed by atoms with Gasteiger partial charge in [0.25, 0.3) is 0 Å². The van der Waals surface area contributed by atoms with Crippen molar-refractivity contribution in [3.63, 3.8) is 0 Å². The van der Waals surface area contributed by atoms with Gasteiger partial charge in [0, 0.05) is 5.69 Å². The van der Waals surface area contributed by atoms with Crippen LogP contribution in [0.2, 0.25) is 0 Å². The van der Waals surface area contributed by atoms with Crippen LogP contribution in [0.5, 0.6) is 5.75 Å². The molecule has 0 aliphatic heterocycles. The molecule has 1 aromatic rings. The lowest BCUT2D eigenvalue weighted by atomic mass is 10.3. The molecule has 0 atom stereocenters. The van der Waals surface area contributed by atoms with Gasteiger partial charge in [-0.3, -0.25) is 5.41 Å². The van der Waals surface area contributed by atoms with E-state index < -0.39 is 5.97 Å².